The average Bonchev–Trinajstić information content (AvgIpc) is 2.72. The van der Waals surface area contributed by atoms with Gasteiger partial charge in [-0.3, -0.25) is 9.59 Å². The Kier molecular flexibility index (Phi) is 7.58. The highest BCUT2D eigenvalue weighted by atomic mass is 32.2. The summed E-state index contributed by atoms with van der Waals surface area (Å²) < 4.78 is 4.64. The van der Waals surface area contributed by atoms with Gasteiger partial charge >= 0.3 is 5.97 Å². The SMILES string of the molecule is COC(=O)C(C)CSCC(=O)NC1(C#N)CCCCCC1. The van der Waals surface area contributed by atoms with E-state index in [1.165, 1.54) is 18.9 Å². The number of rotatable bonds is 6. The highest BCUT2D eigenvalue weighted by Gasteiger charge is 2.32. The summed E-state index contributed by atoms with van der Waals surface area (Å²) in [5, 5.41) is 12.3. The van der Waals surface area contributed by atoms with E-state index in [-0.39, 0.29) is 23.5 Å². The van der Waals surface area contributed by atoms with Crippen LogP contribution in [0, 0.1) is 17.2 Å². The molecule has 0 aromatic carbocycles. The Hall–Kier alpha value is -1.22. The third kappa shape index (κ3) is 5.96. The van der Waals surface area contributed by atoms with Crippen LogP contribution in [0.3, 0.4) is 0 Å². The maximum Gasteiger partial charge on any atom is 0.309 e. The van der Waals surface area contributed by atoms with Gasteiger partial charge in [0, 0.05) is 5.75 Å². The molecule has 1 atom stereocenters. The Labute approximate surface area is 130 Å². The summed E-state index contributed by atoms with van der Waals surface area (Å²) in [6.45, 7) is 1.78. The number of methoxy groups -OCH3 is 1. The van der Waals surface area contributed by atoms with E-state index in [0.29, 0.717) is 5.75 Å². The maximum absolute atomic E-state index is 12.0. The van der Waals surface area contributed by atoms with Crippen LogP contribution in [0.1, 0.15) is 45.4 Å². The van der Waals surface area contributed by atoms with E-state index in [2.05, 4.69) is 16.1 Å². The van der Waals surface area contributed by atoms with Gasteiger partial charge < -0.3 is 10.1 Å². The van der Waals surface area contributed by atoms with Gasteiger partial charge in [-0.25, -0.2) is 0 Å². The number of amides is 1. The van der Waals surface area contributed by atoms with Crippen LogP contribution in [0.25, 0.3) is 0 Å². The predicted molar refractivity (Wildman–Crippen MR) is 82.7 cm³/mol. The second-order valence-electron chi connectivity index (χ2n) is 5.60. The minimum Gasteiger partial charge on any atom is -0.469 e. The minimum atomic E-state index is -0.692. The second-order valence-corrected chi connectivity index (χ2v) is 6.63. The van der Waals surface area contributed by atoms with Crippen molar-refractivity contribution in [3.05, 3.63) is 0 Å². The molecule has 0 heterocycles. The van der Waals surface area contributed by atoms with Crippen molar-refractivity contribution in [1.29, 1.82) is 5.26 Å². The zero-order valence-corrected chi connectivity index (χ0v) is 13.6. The molecule has 21 heavy (non-hydrogen) atoms. The lowest BCUT2D eigenvalue weighted by atomic mass is 9.92. The Balaban J connectivity index is 2.38. The molecule has 1 aliphatic rings. The summed E-state index contributed by atoms with van der Waals surface area (Å²) in [5.41, 5.74) is -0.692. The first-order chi connectivity index (χ1) is 10.0. The summed E-state index contributed by atoms with van der Waals surface area (Å²) >= 11 is 1.39. The summed E-state index contributed by atoms with van der Waals surface area (Å²) in [5.74, 6) is 0.195. The molecule has 1 aliphatic carbocycles. The van der Waals surface area contributed by atoms with Crippen molar-refractivity contribution in [3.63, 3.8) is 0 Å². The van der Waals surface area contributed by atoms with Crippen LogP contribution < -0.4 is 5.32 Å². The van der Waals surface area contributed by atoms with Gasteiger partial charge in [0.2, 0.25) is 5.91 Å². The topological polar surface area (TPSA) is 79.2 Å². The summed E-state index contributed by atoms with van der Waals surface area (Å²) in [4.78, 5) is 23.3. The number of hydrogen-bond acceptors (Lipinski definition) is 5. The van der Waals surface area contributed by atoms with Gasteiger partial charge in [0.15, 0.2) is 0 Å². The zero-order chi connectivity index (χ0) is 15.7. The van der Waals surface area contributed by atoms with E-state index < -0.39 is 5.54 Å². The average molecular weight is 312 g/mol. The number of esters is 1. The number of thioether (sulfide) groups is 1. The molecule has 0 aromatic rings. The number of nitrogens with one attached hydrogen (secondary N) is 1. The predicted octanol–water partition coefficient (Wildman–Crippen LogP) is 2.26. The highest BCUT2D eigenvalue weighted by molar-refractivity contribution is 7.99. The van der Waals surface area contributed by atoms with Crippen LogP contribution in [-0.2, 0) is 14.3 Å². The largest absolute Gasteiger partial charge is 0.469 e. The lowest BCUT2D eigenvalue weighted by Crippen LogP contribution is -2.47. The molecule has 0 saturated heterocycles. The van der Waals surface area contributed by atoms with Crippen LogP contribution >= 0.6 is 11.8 Å². The van der Waals surface area contributed by atoms with Gasteiger partial charge in [-0.05, 0) is 12.8 Å². The molecule has 118 valence electrons. The van der Waals surface area contributed by atoms with Gasteiger partial charge in [-0.2, -0.15) is 17.0 Å². The van der Waals surface area contributed by atoms with Crippen molar-refractivity contribution in [3.8, 4) is 6.07 Å². The van der Waals surface area contributed by atoms with Gasteiger partial charge in [-0.1, -0.05) is 32.6 Å². The first-order valence-corrected chi connectivity index (χ1v) is 8.56. The van der Waals surface area contributed by atoms with Crippen LogP contribution in [0.2, 0.25) is 0 Å². The monoisotopic (exact) mass is 312 g/mol. The molecule has 5 nitrogen and oxygen atoms in total. The molecule has 1 rings (SSSR count). The number of nitriles is 1. The number of hydrogen-bond donors (Lipinski definition) is 1. The van der Waals surface area contributed by atoms with E-state index in [9.17, 15) is 14.9 Å². The number of carbonyl (C=O) groups excluding carboxylic acids is 2. The quantitative estimate of drug-likeness (QED) is 0.601. The molecule has 0 radical (unpaired) electrons. The smallest absolute Gasteiger partial charge is 0.309 e. The van der Waals surface area contributed by atoms with Crippen molar-refractivity contribution >= 4 is 23.6 Å². The van der Waals surface area contributed by atoms with Crippen molar-refractivity contribution in [1.82, 2.24) is 5.32 Å². The van der Waals surface area contributed by atoms with E-state index >= 15 is 0 Å². The molecule has 0 spiro atoms. The van der Waals surface area contributed by atoms with Crippen molar-refractivity contribution < 1.29 is 14.3 Å². The van der Waals surface area contributed by atoms with Crippen LogP contribution in [0.15, 0.2) is 0 Å². The number of ether oxygens (including phenoxy) is 1. The second kappa shape index (κ2) is 8.93. The van der Waals surface area contributed by atoms with Gasteiger partial charge in [0.1, 0.15) is 5.54 Å². The number of carbonyl (C=O) groups is 2. The molecule has 0 aliphatic heterocycles. The maximum atomic E-state index is 12.0. The highest BCUT2D eigenvalue weighted by Crippen LogP contribution is 2.26. The van der Waals surface area contributed by atoms with Crippen LogP contribution in [0.4, 0.5) is 0 Å². The third-order valence-corrected chi connectivity index (χ3v) is 4.96. The summed E-state index contributed by atoms with van der Waals surface area (Å²) in [6.07, 6.45) is 5.70. The first-order valence-electron chi connectivity index (χ1n) is 7.41. The Morgan fingerprint density at radius 3 is 2.48 bits per heavy atom. The molecule has 1 unspecified atom stereocenters. The lowest BCUT2D eigenvalue weighted by Gasteiger charge is -2.26. The fourth-order valence-corrected chi connectivity index (χ4v) is 3.36. The third-order valence-electron chi connectivity index (χ3n) is 3.75. The van der Waals surface area contributed by atoms with Gasteiger partial charge in [0.25, 0.3) is 0 Å². The van der Waals surface area contributed by atoms with Crippen molar-refractivity contribution in [2.24, 2.45) is 5.92 Å². The minimum absolute atomic E-state index is 0.125. The van der Waals surface area contributed by atoms with Crippen molar-refractivity contribution in [2.75, 3.05) is 18.6 Å². The molecule has 0 bridgehead atoms. The van der Waals surface area contributed by atoms with Crippen LogP contribution in [-0.4, -0.2) is 36.0 Å². The van der Waals surface area contributed by atoms with Crippen LogP contribution in [0.5, 0.6) is 0 Å². The van der Waals surface area contributed by atoms with E-state index in [4.69, 9.17) is 0 Å². The number of nitrogens with zero attached hydrogens (tertiary/aromatic N) is 1. The fourth-order valence-electron chi connectivity index (χ4n) is 2.50. The molecule has 6 heteroatoms. The molecule has 0 aromatic heterocycles. The van der Waals surface area contributed by atoms with Crippen molar-refractivity contribution in [2.45, 2.75) is 51.0 Å². The molecular formula is C15H24N2O3S. The summed E-state index contributed by atoms with van der Waals surface area (Å²) in [7, 11) is 1.36. The normalized spacial score (nSPS) is 18.9. The molecule has 1 fully saturated rings. The van der Waals surface area contributed by atoms with E-state index in [1.807, 2.05) is 0 Å². The molecule has 1 amide bonds. The van der Waals surface area contributed by atoms with Gasteiger partial charge in [-0.15, -0.1) is 0 Å². The van der Waals surface area contributed by atoms with E-state index in [1.54, 1.807) is 6.92 Å². The lowest BCUT2D eigenvalue weighted by molar-refractivity contribution is -0.144. The molecule has 1 N–H and O–H groups in total. The Bertz CT molecular complexity index is 398. The Morgan fingerprint density at radius 1 is 1.33 bits per heavy atom. The molecule has 1 saturated carbocycles. The molecular weight excluding hydrogens is 288 g/mol. The van der Waals surface area contributed by atoms with Gasteiger partial charge in [0.05, 0.1) is 24.8 Å². The Morgan fingerprint density at radius 2 is 1.95 bits per heavy atom. The summed E-state index contributed by atoms with van der Waals surface area (Å²) in [6, 6.07) is 2.30. The first kappa shape index (κ1) is 17.8. The van der Waals surface area contributed by atoms with E-state index in [0.717, 1.165) is 38.5 Å². The zero-order valence-electron chi connectivity index (χ0n) is 12.8. The standard InChI is InChI=1S/C15H24N2O3S/c1-12(14(19)20-2)9-21-10-13(18)17-15(11-16)7-5-3-4-6-8-15/h12H,3-10H2,1-2H3,(H,17,18). The fraction of sp³-hybridized carbons (Fsp3) is 0.800.